The Hall–Kier alpha value is -1.30. The fraction of sp³-hybridized carbons (Fsp3) is 0.188. The summed E-state index contributed by atoms with van der Waals surface area (Å²) in [5.74, 6) is -0.148. The van der Waals surface area contributed by atoms with Gasteiger partial charge in [-0.2, -0.15) is 0 Å². The van der Waals surface area contributed by atoms with Crippen molar-refractivity contribution < 1.29 is 4.79 Å². The number of benzene rings is 2. The van der Waals surface area contributed by atoms with Gasteiger partial charge in [0, 0.05) is 25.5 Å². The zero-order valence-corrected chi connectivity index (χ0v) is 14.1. The molecule has 3 nitrogen and oxygen atoms in total. The fourth-order valence-electron chi connectivity index (χ4n) is 2.40. The SMILES string of the molecule is Cc1ccc(Sc2cc3c(cc2Br)C(N)C(=O)N3)c(C)c1. The Labute approximate surface area is 136 Å². The molecule has 0 saturated carbocycles. The maximum atomic E-state index is 11.6. The van der Waals surface area contributed by atoms with Crippen molar-refractivity contribution in [3.05, 3.63) is 51.5 Å². The molecule has 1 aliphatic heterocycles. The summed E-state index contributed by atoms with van der Waals surface area (Å²) in [4.78, 5) is 13.9. The summed E-state index contributed by atoms with van der Waals surface area (Å²) in [6.07, 6.45) is 0. The van der Waals surface area contributed by atoms with Gasteiger partial charge >= 0.3 is 0 Å². The molecule has 3 N–H and O–H groups in total. The first kappa shape index (κ1) is 14.6. The maximum Gasteiger partial charge on any atom is 0.245 e. The number of hydrogen-bond donors (Lipinski definition) is 2. The Morgan fingerprint density at radius 3 is 2.67 bits per heavy atom. The van der Waals surface area contributed by atoms with Crippen LogP contribution >= 0.6 is 27.7 Å². The van der Waals surface area contributed by atoms with Crippen LogP contribution in [0.25, 0.3) is 0 Å². The number of halogens is 1. The topological polar surface area (TPSA) is 55.1 Å². The molecule has 21 heavy (non-hydrogen) atoms. The van der Waals surface area contributed by atoms with Crippen LogP contribution in [0.2, 0.25) is 0 Å². The molecule has 1 heterocycles. The Bertz CT molecular complexity index is 745. The standard InChI is InChI=1S/C16H15BrN2OS/c1-8-3-4-13(9(2)5-8)21-14-7-12-10(6-11(14)17)15(18)16(20)19-12/h3-7,15H,18H2,1-2H3,(H,19,20). The van der Waals surface area contributed by atoms with Gasteiger partial charge in [-0.3, -0.25) is 4.79 Å². The van der Waals surface area contributed by atoms with E-state index in [2.05, 4.69) is 53.3 Å². The van der Waals surface area contributed by atoms with Crippen LogP contribution in [0.5, 0.6) is 0 Å². The monoisotopic (exact) mass is 362 g/mol. The summed E-state index contributed by atoms with van der Waals surface area (Å²) in [7, 11) is 0. The van der Waals surface area contributed by atoms with Crippen molar-refractivity contribution in [3.63, 3.8) is 0 Å². The first-order valence-electron chi connectivity index (χ1n) is 6.60. The number of nitrogens with two attached hydrogens (primary N) is 1. The predicted molar refractivity (Wildman–Crippen MR) is 89.7 cm³/mol. The van der Waals surface area contributed by atoms with Gasteiger partial charge in [-0.1, -0.05) is 29.5 Å². The van der Waals surface area contributed by atoms with E-state index in [4.69, 9.17) is 5.73 Å². The molecular weight excluding hydrogens is 348 g/mol. The van der Waals surface area contributed by atoms with Crippen LogP contribution in [-0.2, 0) is 4.79 Å². The van der Waals surface area contributed by atoms with Crippen molar-refractivity contribution in [2.24, 2.45) is 5.73 Å². The highest BCUT2D eigenvalue weighted by atomic mass is 79.9. The van der Waals surface area contributed by atoms with Gasteiger partial charge in [0.25, 0.3) is 0 Å². The van der Waals surface area contributed by atoms with E-state index in [0.29, 0.717) is 0 Å². The quantitative estimate of drug-likeness (QED) is 0.842. The molecule has 1 amide bonds. The molecule has 3 rings (SSSR count). The minimum Gasteiger partial charge on any atom is -0.324 e. The Morgan fingerprint density at radius 1 is 1.19 bits per heavy atom. The van der Waals surface area contributed by atoms with Crippen molar-refractivity contribution in [1.29, 1.82) is 0 Å². The van der Waals surface area contributed by atoms with Crippen molar-refractivity contribution in [2.45, 2.75) is 29.7 Å². The number of carbonyl (C=O) groups is 1. The van der Waals surface area contributed by atoms with Crippen LogP contribution in [0, 0.1) is 13.8 Å². The molecule has 0 bridgehead atoms. The predicted octanol–water partition coefficient (Wildman–Crippen LogP) is 4.17. The van der Waals surface area contributed by atoms with Crippen molar-refractivity contribution in [2.75, 3.05) is 5.32 Å². The van der Waals surface area contributed by atoms with Gasteiger partial charge in [0.05, 0.1) is 0 Å². The molecule has 1 atom stereocenters. The summed E-state index contributed by atoms with van der Waals surface area (Å²) >= 11 is 5.26. The average Bonchev–Trinajstić information content (AvgIpc) is 2.69. The third-order valence-electron chi connectivity index (χ3n) is 3.53. The van der Waals surface area contributed by atoms with Gasteiger partial charge < -0.3 is 11.1 Å². The number of aryl methyl sites for hydroxylation is 2. The van der Waals surface area contributed by atoms with E-state index in [1.165, 1.54) is 16.0 Å². The molecule has 0 saturated heterocycles. The van der Waals surface area contributed by atoms with E-state index >= 15 is 0 Å². The number of rotatable bonds is 2. The minimum absolute atomic E-state index is 0.148. The molecule has 0 fully saturated rings. The van der Waals surface area contributed by atoms with Crippen LogP contribution in [-0.4, -0.2) is 5.91 Å². The lowest BCUT2D eigenvalue weighted by atomic mass is 10.1. The minimum atomic E-state index is -0.573. The summed E-state index contributed by atoms with van der Waals surface area (Å²) < 4.78 is 0.957. The third kappa shape index (κ3) is 2.73. The number of amides is 1. The number of anilines is 1. The lowest BCUT2D eigenvalue weighted by molar-refractivity contribution is -0.116. The maximum absolute atomic E-state index is 11.6. The van der Waals surface area contributed by atoms with Crippen LogP contribution < -0.4 is 11.1 Å². The Balaban J connectivity index is 1.97. The number of nitrogens with one attached hydrogen (secondary N) is 1. The normalized spacial score (nSPS) is 16.8. The summed E-state index contributed by atoms with van der Waals surface area (Å²) in [6.45, 7) is 4.19. The van der Waals surface area contributed by atoms with E-state index in [1.54, 1.807) is 11.8 Å². The van der Waals surface area contributed by atoms with Gasteiger partial charge in [-0.25, -0.2) is 0 Å². The molecule has 2 aromatic carbocycles. The Morgan fingerprint density at radius 2 is 1.95 bits per heavy atom. The van der Waals surface area contributed by atoms with Gasteiger partial charge in [0.2, 0.25) is 5.91 Å². The van der Waals surface area contributed by atoms with Gasteiger partial charge in [-0.05, 0) is 53.5 Å². The lowest BCUT2D eigenvalue weighted by Crippen LogP contribution is -2.19. The summed E-state index contributed by atoms with van der Waals surface area (Å²) in [6, 6.07) is 9.74. The average molecular weight is 363 g/mol. The summed E-state index contributed by atoms with van der Waals surface area (Å²) in [5, 5.41) is 2.83. The summed E-state index contributed by atoms with van der Waals surface area (Å²) in [5.41, 5.74) is 10.0. The van der Waals surface area contributed by atoms with E-state index < -0.39 is 6.04 Å². The van der Waals surface area contributed by atoms with Crippen LogP contribution in [0.1, 0.15) is 22.7 Å². The largest absolute Gasteiger partial charge is 0.324 e. The first-order chi connectivity index (χ1) is 9.95. The fourth-order valence-corrected chi connectivity index (χ4v) is 3.93. The molecular formula is C16H15BrN2OS. The molecule has 0 radical (unpaired) electrons. The highest BCUT2D eigenvalue weighted by Crippen LogP contribution is 2.41. The van der Waals surface area contributed by atoms with Gasteiger partial charge in [0.1, 0.15) is 6.04 Å². The first-order valence-corrected chi connectivity index (χ1v) is 8.21. The van der Waals surface area contributed by atoms with Crippen molar-refractivity contribution in [1.82, 2.24) is 0 Å². The number of carbonyl (C=O) groups excluding carboxylic acids is 1. The number of fused-ring (bicyclic) bond motifs is 1. The van der Waals surface area contributed by atoms with Gasteiger partial charge in [0.15, 0.2) is 0 Å². The molecule has 0 spiro atoms. The molecule has 0 aliphatic carbocycles. The second-order valence-electron chi connectivity index (χ2n) is 5.21. The molecule has 2 aromatic rings. The zero-order valence-electron chi connectivity index (χ0n) is 11.7. The van der Waals surface area contributed by atoms with Crippen molar-refractivity contribution >= 4 is 39.3 Å². The van der Waals surface area contributed by atoms with Gasteiger partial charge in [-0.15, -0.1) is 0 Å². The number of hydrogen-bond acceptors (Lipinski definition) is 3. The van der Waals surface area contributed by atoms with E-state index in [9.17, 15) is 4.79 Å². The van der Waals surface area contributed by atoms with Crippen LogP contribution in [0.15, 0.2) is 44.6 Å². The van der Waals surface area contributed by atoms with Crippen LogP contribution in [0.3, 0.4) is 0 Å². The highest BCUT2D eigenvalue weighted by molar-refractivity contribution is 9.10. The Kier molecular flexibility index (Phi) is 3.82. The van der Waals surface area contributed by atoms with E-state index in [1.807, 2.05) is 12.1 Å². The zero-order chi connectivity index (χ0) is 15.1. The second-order valence-corrected chi connectivity index (χ2v) is 7.15. The highest BCUT2D eigenvalue weighted by Gasteiger charge is 2.28. The molecule has 5 heteroatoms. The lowest BCUT2D eigenvalue weighted by Gasteiger charge is -2.10. The smallest absolute Gasteiger partial charge is 0.245 e. The molecule has 108 valence electrons. The van der Waals surface area contributed by atoms with E-state index in [-0.39, 0.29) is 5.91 Å². The third-order valence-corrected chi connectivity index (χ3v) is 5.68. The van der Waals surface area contributed by atoms with Crippen molar-refractivity contribution in [3.8, 4) is 0 Å². The second kappa shape index (κ2) is 5.48. The van der Waals surface area contributed by atoms with E-state index in [0.717, 1.165) is 20.6 Å². The molecule has 1 aliphatic rings. The molecule has 0 aromatic heterocycles. The molecule has 1 unspecified atom stereocenters. The van der Waals surface area contributed by atoms with Crippen LogP contribution in [0.4, 0.5) is 5.69 Å².